The van der Waals surface area contributed by atoms with Crippen LogP contribution in [0.4, 0.5) is 4.39 Å². The summed E-state index contributed by atoms with van der Waals surface area (Å²) in [5.74, 6) is -0.595. The van der Waals surface area contributed by atoms with Crippen molar-refractivity contribution >= 4 is 17.5 Å². The van der Waals surface area contributed by atoms with Crippen molar-refractivity contribution in [3.63, 3.8) is 0 Å². The molecule has 1 N–H and O–H groups in total. The average molecular weight is 362 g/mol. The summed E-state index contributed by atoms with van der Waals surface area (Å²) in [4.78, 5) is 14.6. The fourth-order valence-electron chi connectivity index (χ4n) is 3.43. The Kier molecular flexibility index (Phi) is 5.59. The van der Waals surface area contributed by atoms with Gasteiger partial charge in [-0.05, 0) is 68.0 Å². The van der Waals surface area contributed by atoms with Crippen LogP contribution in [0.25, 0.3) is 0 Å². The summed E-state index contributed by atoms with van der Waals surface area (Å²) >= 11 is 5.78. The number of benzene rings is 2. The Morgan fingerprint density at radius 2 is 2.08 bits per heavy atom. The number of phenols is 1. The molecular formula is C20H21ClFNO2. The lowest BCUT2D eigenvalue weighted by atomic mass is 9.95. The lowest BCUT2D eigenvalue weighted by molar-refractivity contribution is 0.0597. The summed E-state index contributed by atoms with van der Waals surface area (Å²) in [7, 11) is 0. The Bertz CT molecular complexity index is 765. The van der Waals surface area contributed by atoms with Gasteiger partial charge in [0, 0.05) is 17.6 Å². The molecule has 5 heteroatoms. The molecule has 132 valence electrons. The number of aromatic hydroxyl groups is 1. The van der Waals surface area contributed by atoms with E-state index in [4.69, 9.17) is 11.6 Å². The minimum absolute atomic E-state index is 0.0775. The molecule has 1 unspecified atom stereocenters. The monoisotopic (exact) mass is 361 g/mol. The molecule has 0 aromatic heterocycles. The minimum Gasteiger partial charge on any atom is -0.508 e. The lowest BCUT2D eigenvalue weighted by Gasteiger charge is -2.36. The van der Waals surface area contributed by atoms with Gasteiger partial charge >= 0.3 is 0 Å². The molecule has 1 amide bonds. The van der Waals surface area contributed by atoms with Crippen LogP contribution in [-0.4, -0.2) is 28.5 Å². The van der Waals surface area contributed by atoms with Gasteiger partial charge in [-0.3, -0.25) is 4.79 Å². The molecule has 2 aromatic rings. The number of hydrogen-bond donors (Lipinski definition) is 1. The maximum absolute atomic E-state index is 14.1. The Morgan fingerprint density at radius 1 is 1.24 bits per heavy atom. The first-order valence-electron chi connectivity index (χ1n) is 8.58. The number of carbonyl (C=O) groups is 1. The van der Waals surface area contributed by atoms with E-state index in [1.165, 1.54) is 12.1 Å². The fraction of sp³-hybridized carbons (Fsp3) is 0.350. The fourth-order valence-corrected chi connectivity index (χ4v) is 3.59. The zero-order valence-corrected chi connectivity index (χ0v) is 14.7. The number of aryl methyl sites for hydroxylation is 1. The van der Waals surface area contributed by atoms with Crippen LogP contribution in [0.2, 0.25) is 5.02 Å². The normalized spacial score (nSPS) is 17.5. The number of carbonyl (C=O) groups excluding carboxylic acids is 1. The van der Waals surface area contributed by atoms with E-state index in [0.717, 1.165) is 37.7 Å². The highest BCUT2D eigenvalue weighted by molar-refractivity contribution is 6.30. The molecule has 1 heterocycles. The van der Waals surface area contributed by atoms with Crippen LogP contribution in [0.1, 0.15) is 41.6 Å². The van der Waals surface area contributed by atoms with Gasteiger partial charge < -0.3 is 10.0 Å². The van der Waals surface area contributed by atoms with Crippen LogP contribution in [0.15, 0.2) is 42.5 Å². The van der Waals surface area contributed by atoms with Gasteiger partial charge in [-0.15, -0.1) is 0 Å². The predicted octanol–water partition coefficient (Wildman–Crippen LogP) is 4.81. The third kappa shape index (κ3) is 4.31. The molecule has 1 saturated heterocycles. The maximum atomic E-state index is 14.1. The molecule has 0 saturated carbocycles. The van der Waals surface area contributed by atoms with Crippen LogP contribution in [0.5, 0.6) is 5.75 Å². The SMILES string of the molecule is O=C(c1ccc(Cl)cc1F)N1CCCCC1CCc1cccc(O)c1. The standard InChI is InChI=1S/C20H21ClFNO2/c21-15-8-10-18(19(22)13-15)20(25)23-11-2-1-5-16(23)9-7-14-4-3-6-17(24)12-14/h3-4,6,8,10,12-13,16,24H,1-2,5,7,9,11H2. The van der Waals surface area contributed by atoms with Crippen LogP contribution in [0, 0.1) is 5.82 Å². The van der Waals surface area contributed by atoms with Crippen molar-refractivity contribution in [2.45, 2.75) is 38.1 Å². The average Bonchev–Trinajstić information content (AvgIpc) is 2.60. The molecule has 3 rings (SSSR count). The summed E-state index contributed by atoms with van der Waals surface area (Å²) in [6, 6.07) is 11.4. The van der Waals surface area contributed by atoms with Crippen molar-refractivity contribution in [2.24, 2.45) is 0 Å². The first-order chi connectivity index (χ1) is 12.0. The molecule has 2 aromatic carbocycles. The molecule has 3 nitrogen and oxygen atoms in total. The van der Waals surface area contributed by atoms with Crippen molar-refractivity contribution in [3.05, 3.63) is 64.4 Å². The number of phenolic OH excluding ortho intramolecular Hbond substituents is 1. The number of piperidine rings is 1. The van der Waals surface area contributed by atoms with Gasteiger partial charge in [0.25, 0.3) is 5.91 Å². The topological polar surface area (TPSA) is 40.5 Å². The summed E-state index contributed by atoms with van der Waals surface area (Å²) < 4.78 is 14.1. The van der Waals surface area contributed by atoms with E-state index in [9.17, 15) is 14.3 Å². The summed E-state index contributed by atoms with van der Waals surface area (Å²) in [5.41, 5.74) is 1.12. The molecule has 0 aliphatic carbocycles. The van der Waals surface area contributed by atoms with Gasteiger partial charge in [-0.25, -0.2) is 4.39 Å². The van der Waals surface area contributed by atoms with Crippen LogP contribution in [0.3, 0.4) is 0 Å². The van der Waals surface area contributed by atoms with E-state index >= 15 is 0 Å². The smallest absolute Gasteiger partial charge is 0.257 e. The van der Waals surface area contributed by atoms with E-state index < -0.39 is 5.82 Å². The number of rotatable bonds is 4. The molecule has 25 heavy (non-hydrogen) atoms. The third-order valence-electron chi connectivity index (χ3n) is 4.73. The summed E-state index contributed by atoms with van der Waals surface area (Å²) in [5, 5.41) is 9.86. The van der Waals surface area contributed by atoms with Crippen molar-refractivity contribution in [1.29, 1.82) is 0 Å². The van der Waals surface area contributed by atoms with Crippen LogP contribution < -0.4 is 0 Å². The highest BCUT2D eigenvalue weighted by atomic mass is 35.5. The molecule has 1 aliphatic heterocycles. The zero-order chi connectivity index (χ0) is 17.8. The number of likely N-dealkylation sites (tertiary alicyclic amines) is 1. The van der Waals surface area contributed by atoms with Crippen molar-refractivity contribution in [3.8, 4) is 5.75 Å². The predicted molar refractivity (Wildman–Crippen MR) is 96.5 cm³/mol. The van der Waals surface area contributed by atoms with Crippen molar-refractivity contribution in [2.75, 3.05) is 6.54 Å². The Morgan fingerprint density at radius 3 is 2.84 bits per heavy atom. The van der Waals surface area contributed by atoms with Crippen molar-refractivity contribution < 1.29 is 14.3 Å². The van der Waals surface area contributed by atoms with E-state index in [2.05, 4.69) is 0 Å². The highest BCUT2D eigenvalue weighted by Gasteiger charge is 2.28. The molecule has 1 aliphatic rings. The Hall–Kier alpha value is -2.07. The summed E-state index contributed by atoms with van der Waals surface area (Å²) in [6.07, 6.45) is 4.48. The quantitative estimate of drug-likeness (QED) is 0.848. The van der Waals surface area contributed by atoms with Crippen molar-refractivity contribution in [1.82, 2.24) is 4.90 Å². The minimum atomic E-state index is -0.574. The largest absolute Gasteiger partial charge is 0.508 e. The second kappa shape index (κ2) is 7.87. The number of halogens is 2. The maximum Gasteiger partial charge on any atom is 0.257 e. The second-order valence-corrected chi connectivity index (χ2v) is 6.92. The number of hydrogen-bond acceptors (Lipinski definition) is 2. The Labute approximate surface area is 152 Å². The van der Waals surface area contributed by atoms with Gasteiger partial charge in [-0.2, -0.15) is 0 Å². The lowest BCUT2D eigenvalue weighted by Crippen LogP contribution is -2.44. The summed E-state index contributed by atoms with van der Waals surface area (Å²) in [6.45, 7) is 0.644. The molecule has 1 atom stereocenters. The van der Waals surface area contributed by atoms with E-state index in [1.54, 1.807) is 23.1 Å². The number of amides is 1. The molecule has 0 bridgehead atoms. The molecular weight excluding hydrogens is 341 g/mol. The van der Waals surface area contributed by atoms with Gasteiger partial charge in [0.1, 0.15) is 11.6 Å². The highest BCUT2D eigenvalue weighted by Crippen LogP contribution is 2.25. The number of nitrogens with zero attached hydrogens (tertiary/aromatic N) is 1. The van der Waals surface area contributed by atoms with E-state index in [-0.39, 0.29) is 28.3 Å². The Balaban J connectivity index is 1.73. The second-order valence-electron chi connectivity index (χ2n) is 6.48. The van der Waals surface area contributed by atoms with Gasteiger partial charge in [0.2, 0.25) is 0 Å². The van der Waals surface area contributed by atoms with Crippen LogP contribution in [-0.2, 0) is 6.42 Å². The molecule has 0 radical (unpaired) electrons. The molecule has 1 fully saturated rings. The van der Waals surface area contributed by atoms with E-state index in [1.807, 2.05) is 12.1 Å². The van der Waals surface area contributed by atoms with Gasteiger partial charge in [0.15, 0.2) is 0 Å². The first-order valence-corrected chi connectivity index (χ1v) is 8.96. The van der Waals surface area contributed by atoms with Crippen LogP contribution >= 0.6 is 11.6 Å². The third-order valence-corrected chi connectivity index (χ3v) is 4.96. The van der Waals surface area contributed by atoms with Gasteiger partial charge in [-0.1, -0.05) is 23.7 Å². The van der Waals surface area contributed by atoms with E-state index in [0.29, 0.717) is 6.54 Å². The van der Waals surface area contributed by atoms with Gasteiger partial charge in [0.05, 0.1) is 5.56 Å². The zero-order valence-electron chi connectivity index (χ0n) is 13.9. The molecule has 0 spiro atoms. The first kappa shape index (κ1) is 17.7.